The van der Waals surface area contributed by atoms with Gasteiger partial charge in [-0.25, -0.2) is 10.8 Å². The topological polar surface area (TPSA) is 91.4 Å². The molecule has 0 spiro atoms. The van der Waals surface area contributed by atoms with Crippen LogP contribution in [-0.4, -0.2) is 27.1 Å². The van der Waals surface area contributed by atoms with E-state index in [0.717, 1.165) is 0 Å². The van der Waals surface area contributed by atoms with Gasteiger partial charge in [0.05, 0.1) is 11.8 Å². The first-order valence-electron chi connectivity index (χ1n) is 4.59. The van der Waals surface area contributed by atoms with Gasteiger partial charge in [-0.2, -0.15) is 12.6 Å². The molecule has 0 saturated carbocycles. The zero-order valence-corrected chi connectivity index (χ0v) is 9.06. The number of hydrogen-bond acceptors (Lipinski definition) is 6. The van der Waals surface area contributed by atoms with Crippen LogP contribution < -0.4 is 11.3 Å². The molecule has 2 unspecified atom stereocenters. The lowest BCUT2D eigenvalue weighted by molar-refractivity contribution is 0.0148. The number of nitrogens with zero attached hydrogens (tertiary/aromatic N) is 1. The summed E-state index contributed by atoms with van der Waals surface area (Å²) < 4.78 is 0. The summed E-state index contributed by atoms with van der Waals surface area (Å²) in [6.45, 7) is 0. The average Bonchev–Trinajstić information content (AvgIpc) is 2.28. The number of rotatable bonds is 5. The summed E-state index contributed by atoms with van der Waals surface area (Å²) in [5.74, 6) is 6.14. The second kappa shape index (κ2) is 5.92. The number of nitrogens with one attached hydrogen (secondary N) is 1. The Morgan fingerprint density at radius 3 is 2.80 bits per heavy atom. The van der Waals surface area contributed by atoms with Crippen LogP contribution in [0.15, 0.2) is 18.2 Å². The molecule has 1 aromatic heterocycles. The standard InChI is InChI=1S/C9H15N3O2S/c10-12-8-3-1-2-6(11-8)9(14)7(13)4-5-15/h1-3,7,9,13-15H,4-5,10H2,(H,11,12). The molecule has 0 aliphatic rings. The van der Waals surface area contributed by atoms with Gasteiger partial charge < -0.3 is 15.6 Å². The van der Waals surface area contributed by atoms with Crippen LogP contribution in [-0.2, 0) is 0 Å². The van der Waals surface area contributed by atoms with E-state index in [-0.39, 0.29) is 0 Å². The molecule has 0 aliphatic heterocycles. The number of aliphatic hydroxyl groups is 2. The Hall–Kier alpha value is -0.820. The van der Waals surface area contributed by atoms with E-state index in [9.17, 15) is 10.2 Å². The van der Waals surface area contributed by atoms with Crippen LogP contribution in [0, 0.1) is 0 Å². The van der Waals surface area contributed by atoms with Crippen molar-refractivity contribution in [3.63, 3.8) is 0 Å². The molecule has 0 bridgehead atoms. The van der Waals surface area contributed by atoms with Crippen molar-refractivity contribution in [3.8, 4) is 0 Å². The first-order valence-corrected chi connectivity index (χ1v) is 5.23. The van der Waals surface area contributed by atoms with Crippen molar-refractivity contribution in [1.29, 1.82) is 0 Å². The first-order chi connectivity index (χ1) is 7.19. The highest BCUT2D eigenvalue weighted by atomic mass is 32.1. The van der Waals surface area contributed by atoms with Crippen LogP contribution in [0.4, 0.5) is 5.82 Å². The van der Waals surface area contributed by atoms with Crippen LogP contribution in [0.25, 0.3) is 0 Å². The van der Waals surface area contributed by atoms with E-state index in [1.807, 2.05) is 0 Å². The highest BCUT2D eigenvalue weighted by Gasteiger charge is 2.18. The monoisotopic (exact) mass is 229 g/mol. The molecular weight excluding hydrogens is 214 g/mol. The number of aliphatic hydroxyl groups excluding tert-OH is 2. The van der Waals surface area contributed by atoms with Crippen molar-refractivity contribution in [2.24, 2.45) is 5.84 Å². The Morgan fingerprint density at radius 2 is 2.20 bits per heavy atom. The van der Waals surface area contributed by atoms with Crippen molar-refractivity contribution < 1.29 is 10.2 Å². The number of nitrogens with two attached hydrogens (primary N) is 1. The van der Waals surface area contributed by atoms with Gasteiger partial charge in [0.25, 0.3) is 0 Å². The molecule has 15 heavy (non-hydrogen) atoms. The maximum Gasteiger partial charge on any atom is 0.140 e. The molecule has 5 N–H and O–H groups in total. The first kappa shape index (κ1) is 12.3. The summed E-state index contributed by atoms with van der Waals surface area (Å²) in [5, 5.41) is 19.3. The SMILES string of the molecule is NNc1cccc(C(O)C(O)CCS)n1. The van der Waals surface area contributed by atoms with E-state index in [4.69, 9.17) is 5.84 Å². The summed E-state index contributed by atoms with van der Waals surface area (Å²) in [6, 6.07) is 5.00. The summed E-state index contributed by atoms with van der Waals surface area (Å²) in [5.41, 5.74) is 2.76. The van der Waals surface area contributed by atoms with Crippen molar-refractivity contribution in [2.75, 3.05) is 11.2 Å². The number of nitrogen functional groups attached to an aromatic ring is 1. The number of aromatic nitrogens is 1. The predicted molar refractivity (Wildman–Crippen MR) is 61.5 cm³/mol. The molecular formula is C9H15N3O2S. The van der Waals surface area contributed by atoms with Gasteiger partial charge in [-0.05, 0) is 24.3 Å². The predicted octanol–water partition coefficient (Wildman–Crippen LogP) is 0.0814. The number of thiol groups is 1. The lowest BCUT2D eigenvalue weighted by Crippen LogP contribution is -2.20. The van der Waals surface area contributed by atoms with Crippen LogP contribution in [0.2, 0.25) is 0 Å². The number of hydrazine groups is 1. The molecule has 84 valence electrons. The molecule has 1 heterocycles. The second-order valence-electron chi connectivity index (χ2n) is 3.12. The maximum absolute atomic E-state index is 9.73. The lowest BCUT2D eigenvalue weighted by Gasteiger charge is -2.16. The highest BCUT2D eigenvalue weighted by molar-refractivity contribution is 7.80. The molecule has 0 aromatic carbocycles. The largest absolute Gasteiger partial charge is 0.390 e. The molecule has 0 saturated heterocycles. The third kappa shape index (κ3) is 3.35. The van der Waals surface area contributed by atoms with Crippen molar-refractivity contribution in [2.45, 2.75) is 18.6 Å². The van der Waals surface area contributed by atoms with Gasteiger partial charge in [-0.1, -0.05) is 6.07 Å². The van der Waals surface area contributed by atoms with Crippen molar-refractivity contribution in [3.05, 3.63) is 23.9 Å². The fourth-order valence-electron chi connectivity index (χ4n) is 1.18. The van der Waals surface area contributed by atoms with E-state index in [0.29, 0.717) is 23.7 Å². The molecule has 0 amide bonds. The molecule has 5 nitrogen and oxygen atoms in total. The Bertz CT molecular complexity index is 311. The van der Waals surface area contributed by atoms with Crippen LogP contribution >= 0.6 is 12.6 Å². The van der Waals surface area contributed by atoms with Gasteiger partial charge >= 0.3 is 0 Å². The molecule has 6 heteroatoms. The molecule has 0 radical (unpaired) electrons. The fraction of sp³-hybridized carbons (Fsp3) is 0.444. The molecule has 1 rings (SSSR count). The Kier molecular flexibility index (Phi) is 4.83. The number of anilines is 1. The smallest absolute Gasteiger partial charge is 0.140 e. The summed E-state index contributed by atoms with van der Waals surface area (Å²) in [4.78, 5) is 4.02. The van der Waals surface area contributed by atoms with Gasteiger partial charge in [0.1, 0.15) is 11.9 Å². The lowest BCUT2D eigenvalue weighted by atomic mass is 10.1. The zero-order valence-electron chi connectivity index (χ0n) is 8.17. The van der Waals surface area contributed by atoms with E-state index in [1.165, 1.54) is 0 Å². The molecule has 2 atom stereocenters. The summed E-state index contributed by atoms with van der Waals surface area (Å²) >= 11 is 3.98. The van der Waals surface area contributed by atoms with Gasteiger partial charge in [0.2, 0.25) is 0 Å². The van der Waals surface area contributed by atoms with Crippen LogP contribution in [0.3, 0.4) is 0 Å². The Morgan fingerprint density at radius 1 is 1.47 bits per heavy atom. The van der Waals surface area contributed by atoms with Gasteiger partial charge in [0, 0.05) is 0 Å². The minimum atomic E-state index is -1.01. The van der Waals surface area contributed by atoms with E-state index in [1.54, 1.807) is 18.2 Å². The highest BCUT2D eigenvalue weighted by Crippen LogP contribution is 2.18. The second-order valence-corrected chi connectivity index (χ2v) is 3.56. The number of hydrogen-bond donors (Lipinski definition) is 5. The number of pyridine rings is 1. The van der Waals surface area contributed by atoms with Gasteiger partial charge in [0.15, 0.2) is 0 Å². The van der Waals surface area contributed by atoms with Gasteiger partial charge in [-0.15, -0.1) is 0 Å². The molecule has 0 fully saturated rings. The van der Waals surface area contributed by atoms with Gasteiger partial charge in [-0.3, -0.25) is 0 Å². The van der Waals surface area contributed by atoms with Crippen LogP contribution in [0.1, 0.15) is 18.2 Å². The summed E-state index contributed by atoms with van der Waals surface area (Å²) in [7, 11) is 0. The minimum Gasteiger partial charge on any atom is -0.390 e. The molecule has 0 aliphatic carbocycles. The van der Waals surface area contributed by atoms with Crippen LogP contribution in [0.5, 0.6) is 0 Å². The normalized spacial score (nSPS) is 14.7. The van der Waals surface area contributed by atoms with E-state index < -0.39 is 12.2 Å². The fourth-order valence-corrected chi connectivity index (χ4v) is 1.45. The van der Waals surface area contributed by atoms with Crippen molar-refractivity contribution in [1.82, 2.24) is 4.98 Å². The quantitative estimate of drug-likeness (QED) is 0.280. The zero-order chi connectivity index (χ0) is 11.3. The third-order valence-electron chi connectivity index (χ3n) is 2.01. The third-order valence-corrected chi connectivity index (χ3v) is 2.27. The average molecular weight is 229 g/mol. The van der Waals surface area contributed by atoms with E-state index >= 15 is 0 Å². The Balaban J connectivity index is 2.76. The molecule has 1 aromatic rings. The summed E-state index contributed by atoms with van der Waals surface area (Å²) in [6.07, 6.45) is -1.46. The minimum absolute atomic E-state index is 0.389. The van der Waals surface area contributed by atoms with Crippen molar-refractivity contribution >= 4 is 18.4 Å². The maximum atomic E-state index is 9.73. The Labute approximate surface area is 93.7 Å². The van der Waals surface area contributed by atoms with E-state index in [2.05, 4.69) is 23.0 Å².